The molecule has 0 fully saturated rings. The fourth-order valence-electron chi connectivity index (χ4n) is 3.59. The number of aliphatic hydroxyl groups excluding tert-OH is 1. The lowest BCUT2D eigenvalue weighted by molar-refractivity contribution is 0.220. The summed E-state index contributed by atoms with van der Waals surface area (Å²) in [5.74, 6) is 0. The monoisotopic (exact) mass is 348 g/mol. The summed E-state index contributed by atoms with van der Waals surface area (Å²) in [5.41, 5.74) is 0. The van der Waals surface area contributed by atoms with E-state index in [2.05, 4.69) is 83.1 Å². The van der Waals surface area contributed by atoms with Gasteiger partial charge in [-0.3, -0.25) is 0 Å². The van der Waals surface area contributed by atoms with Gasteiger partial charge < -0.3 is 5.11 Å². The molecule has 0 unspecified atom stereocenters. The molecule has 0 spiro atoms. The van der Waals surface area contributed by atoms with Crippen LogP contribution < -0.4 is 0 Å². The first-order valence-corrected chi connectivity index (χ1v) is 11.7. The maximum atomic E-state index is 10.9. The summed E-state index contributed by atoms with van der Waals surface area (Å²) in [4.78, 5) is 0. The Morgan fingerprint density at radius 1 is 0.545 bits per heavy atom. The highest BCUT2D eigenvalue weighted by Crippen LogP contribution is 2.62. The van der Waals surface area contributed by atoms with E-state index in [0.717, 1.165) is 12.3 Å². The van der Waals surface area contributed by atoms with Gasteiger partial charge in [0.2, 0.25) is 0 Å². The maximum absolute atomic E-state index is 10.9. The Bertz CT molecular complexity index is 274. The molecule has 0 aliphatic heterocycles. The maximum Gasteiger partial charge on any atom is 0.0619 e. The Kier molecular flexibility index (Phi) is 7.65. The van der Waals surface area contributed by atoms with Gasteiger partial charge in [-0.1, -0.05) is 98.9 Å². The molecule has 0 radical (unpaired) electrons. The number of rotatable bonds is 4. The second kappa shape index (κ2) is 7.37. The minimum Gasteiger partial charge on any atom is -0.392 e. The first-order valence-electron chi connectivity index (χ1n) is 8.60. The fraction of sp³-hybridized carbons (Fsp3) is 1.00. The third kappa shape index (κ3) is 7.59. The van der Waals surface area contributed by atoms with Gasteiger partial charge in [-0.25, -0.2) is 0 Å². The van der Waals surface area contributed by atoms with Crippen LogP contribution in [0.3, 0.4) is 0 Å². The van der Waals surface area contributed by atoms with Crippen molar-refractivity contribution in [1.29, 1.82) is 0 Å². The molecule has 22 heavy (non-hydrogen) atoms. The summed E-state index contributed by atoms with van der Waals surface area (Å²) in [6.07, 6.45) is 1.80. The van der Waals surface area contributed by atoms with Crippen molar-refractivity contribution in [2.45, 2.75) is 110 Å². The van der Waals surface area contributed by atoms with Crippen LogP contribution in [0.5, 0.6) is 0 Å². The molecule has 0 amide bonds. The minimum atomic E-state index is -0.224. The predicted octanol–water partition coefficient (Wildman–Crippen LogP) is 6.51. The summed E-state index contributed by atoms with van der Waals surface area (Å²) >= 11 is 0. The lowest BCUT2D eigenvalue weighted by Crippen LogP contribution is -2.34. The Morgan fingerprint density at radius 3 is 0.864 bits per heavy atom. The third-order valence-corrected chi connectivity index (χ3v) is 12.1. The van der Waals surface area contributed by atoms with Crippen LogP contribution in [-0.4, -0.2) is 44.2 Å². The Balaban J connectivity index is 5.15. The van der Waals surface area contributed by atoms with Gasteiger partial charge >= 0.3 is 0 Å². The van der Waals surface area contributed by atoms with Gasteiger partial charge in [0.25, 0.3) is 0 Å². The molecule has 0 aromatic rings. The summed E-state index contributed by atoms with van der Waals surface area (Å²) in [5, 5.41) is 12.0. The second-order valence-corrected chi connectivity index (χ2v) is 18.4. The van der Waals surface area contributed by atoms with Crippen molar-refractivity contribution < 1.29 is 5.11 Å². The highest BCUT2D eigenvalue weighted by Gasteiger charge is 2.39. The normalized spacial score (nSPS) is 15.3. The molecule has 0 aliphatic rings. The lowest BCUT2D eigenvalue weighted by Gasteiger charge is -2.45. The average molecular weight is 348 g/mol. The molecule has 0 atom stereocenters. The van der Waals surface area contributed by atoms with Crippen LogP contribution in [0.1, 0.15) is 83.1 Å². The molecular weight excluding hydrogens is 306 g/mol. The summed E-state index contributed by atoms with van der Waals surface area (Å²) in [7, 11) is -0.448. The second-order valence-electron chi connectivity index (χ2n) is 10.6. The number of hydrogen-bond acceptors (Lipinski definition) is 1. The molecular formula is C19H42OP2. The van der Waals surface area contributed by atoms with Crippen LogP contribution in [-0.2, 0) is 0 Å². The molecule has 0 rings (SSSR count). The van der Waals surface area contributed by atoms with Crippen LogP contribution in [0, 0.1) is 0 Å². The van der Waals surface area contributed by atoms with Crippen molar-refractivity contribution >= 4 is 15.8 Å². The minimum absolute atomic E-state index is 0.158. The molecule has 134 valence electrons. The standard InChI is InChI=1S/C19H42OP2/c1-16(2,3)21(17(4,5)6)13-15(20)14-22(18(7,8)9)19(10,11)12/h15,20H,13-14H2,1-12H3. The molecule has 0 aromatic heterocycles. The molecule has 0 aromatic carbocycles. The molecule has 1 N–H and O–H groups in total. The van der Waals surface area contributed by atoms with Crippen LogP contribution in [0.25, 0.3) is 0 Å². The predicted molar refractivity (Wildman–Crippen MR) is 109 cm³/mol. The zero-order valence-corrected chi connectivity index (χ0v) is 19.1. The summed E-state index contributed by atoms with van der Waals surface area (Å²) in [6, 6.07) is 0. The smallest absolute Gasteiger partial charge is 0.0619 e. The Morgan fingerprint density at radius 2 is 0.727 bits per heavy atom. The molecule has 3 heteroatoms. The molecule has 1 nitrogen and oxygen atoms in total. The van der Waals surface area contributed by atoms with Crippen molar-refractivity contribution in [3.63, 3.8) is 0 Å². The van der Waals surface area contributed by atoms with E-state index in [0.29, 0.717) is 20.6 Å². The largest absolute Gasteiger partial charge is 0.392 e. The van der Waals surface area contributed by atoms with E-state index >= 15 is 0 Å². The van der Waals surface area contributed by atoms with Gasteiger partial charge in [0.05, 0.1) is 6.10 Å². The van der Waals surface area contributed by atoms with Gasteiger partial charge in [0.15, 0.2) is 0 Å². The van der Waals surface area contributed by atoms with Gasteiger partial charge in [-0.2, -0.15) is 0 Å². The first-order chi connectivity index (χ1) is 9.37. The van der Waals surface area contributed by atoms with Crippen molar-refractivity contribution in [3.8, 4) is 0 Å². The van der Waals surface area contributed by atoms with Gasteiger partial charge in [0, 0.05) is 0 Å². The van der Waals surface area contributed by atoms with Gasteiger partial charge in [-0.05, 0) is 32.9 Å². The lowest BCUT2D eigenvalue weighted by atomic mass is 10.2. The number of aliphatic hydroxyl groups is 1. The zero-order valence-electron chi connectivity index (χ0n) is 17.3. The van der Waals surface area contributed by atoms with E-state index in [1.54, 1.807) is 0 Å². The Hall–Kier alpha value is 0.820. The topological polar surface area (TPSA) is 20.2 Å². The summed E-state index contributed by atoms with van der Waals surface area (Å²) in [6.45, 7) is 28.1. The van der Waals surface area contributed by atoms with E-state index in [1.807, 2.05) is 0 Å². The number of hydrogen-bond donors (Lipinski definition) is 1. The van der Waals surface area contributed by atoms with E-state index in [9.17, 15) is 5.11 Å². The van der Waals surface area contributed by atoms with E-state index < -0.39 is 0 Å². The summed E-state index contributed by atoms with van der Waals surface area (Å²) < 4.78 is 0. The quantitative estimate of drug-likeness (QED) is 0.575. The van der Waals surface area contributed by atoms with Gasteiger partial charge in [-0.15, -0.1) is 0 Å². The van der Waals surface area contributed by atoms with Crippen molar-refractivity contribution in [2.75, 3.05) is 12.3 Å². The molecule has 0 heterocycles. The van der Waals surface area contributed by atoms with Gasteiger partial charge in [0.1, 0.15) is 0 Å². The molecule has 0 bridgehead atoms. The van der Waals surface area contributed by atoms with Crippen LogP contribution in [0.2, 0.25) is 0 Å². The first kappa shape index (κ1) is 22.8. The highest BCUT2D eigenvalue weighted by atomic mass is 31.1. The van der Waals surface area contributed by atoms with Crippen LogP contribution in [0.15, 0.2) is 0 Å². The molecule has 0 saturated carbocycles. The molecule has 0 aliphatic carbocycles. The van der Waals surface area contributed by atoms with Crippen molar-refractivity contribution in [1.82, 2.24) is 0 Å². The van der Waals surface area contributed by atoms with E-state index in [4.69, 9.17) is 0 Å². The van der Waals surface area contributed by atoms with Crippen LogP contribution in [0.4, 0.5) is 0 Å². The van der Waals surface area contributed by atoms with Crippen molar-refractivity contribution in [2.24, 2.45) is 0 Å². The SMILES string of the molecule is CC(C)(C)P(CC(O)CP(C(C)(C)C)C(C)(C)C)C(C)(C)C. The van der Waals surface area contributed by atoms with Crippen LogP contribution >= 0.6 is 15.8 Å². The average Bonchev–Trinajstić information content (AvgIpc) is 2.15. The van der Waals surface area contributed by atoms with E-state index in [-0.39, 0.29) is 21.9 Å². The van der Waals surface area contributed by atoms with Crippen molar-refractivity contribution in [3.05, 3.63) is 0 Å². The zero-order chi connectivity index (χ0) is 18.1. The van der Waals surface area contributed by atoms with E-state index in [1.165, 1.54) is 0 Å². The Labute approximate surface area is 143 Å². The third-order valence-electron chi connectivity index (χ3n) is 4.03. The highest BCUT2D eigenvalue weighted by molar-refractivity contribution is 7.62. The molecule has 0 saturated heterocycles. The fourth-order valence-corrected chi connectivity index (χ4v) is 11.1.